The van der Waals surface area contributed by atoms with Gasteiger partial charge in [0.2, 0.25) is 10.0 Å². The molecule has 0 saturated heterocycles. The zero-order chi connectivity index (χ0) is 31.8. The number of hydrogen-bond acceptors (Lipinski definition) is 6. The van der Waals surface area contributed by atoms with Crippen LogP contribution in [0, 0.1) is 13.8 Å². The van der Waals surface area contributed by atoms with Gasteiger partial charge in [0.15, 0.2) is 0 Å². The molecule has 45 heavy (non-hydrogen) atoms. The van der Waals surface area contributed by atoms with Crippen molar-refractivity contribution in [3.8, 4) is 0 Å². The number of sulfonamides is 1. The minimum Gasteiger partial charge on any atom is -0.392 e. The number of nitrogens with zero attached hydrogens (tertiary/aromatic N) is 2. The van der Waals surface area contributed by atoms with Crippen molar-refractivity contribution in [1.29, 1.82) is 0 Å². The second-order valence-corrected chi connectivity index (χ2v) is 16.3. The van der Waals surface area contributed by atoms with Crippen molar-refractivity contribution in [3.63, 3.8) is 0 Å². The first kappa shape index (κ1) is 31.3. The largest absolute Gasteiger partial charge is 0.392 e. The standard InChI is InChI=1S/C35H34N2O5S3/c1-25-13-17-30(18-14-25)44(39,40)36-22-32-28(24-38)21-37(45(41,42)31-19-15-26(2)16-20-31)35(32)34(27-9-5-3-6-10-27)33(23-36)43-29-11-7-4-8-12-29/h3-21,33-34,38H,22-24H2,1-2H3/t33-,34-/m1/s1. The van der Waals surface area contributed by atoms with Crippen molar-refractivity contribution < 1.29 is 21.9 Å². The molecule has 0 unspecified atom stereocenters. The molecule has 6 rings (SSSR count). The molecule has 2 atom stereocenters. The minimum atomic E-state index is -4.12. The molecule has 10 heteroatoms. The summed E-state index contributed by atoms with van der Waals surface area (Å²) in [5.41, 5.74) is 4.04. The Hall–Kier alpha value is -3.67. The Morgan fingerprint density at radius 2 is 1.27 bits per heavy atom. The third-order valence-electron chi connectivity index (χ3n) is 8.19. The second kappa shape index (κ2) is 12.6. The van der Waals surface area contributed by atoms with Crippen LogP contribution < -0.4 is 0 Å². The number of benzene rings is 4. The Balaban J connectivity index is 1.62. The zero-order valence-electron chi connectivity index (χ0n) is 24.9. The predicted octanol–water partition coefficient (Wildman–Crippen LogP) is 6.33. The summed E-state index contributed by atoms with van der Waals surface area (Å²) in [5, 5.41) is 10.2. The molecule has 2 heterocycles. The number of aromatic nitrogens is 1. The van der Waals surface area contributed by atoms with Crippen LogP contribution in [-0.2, 0) is 33.2 Å². The maximum absolute atomic E-state index is 14.4. The van der Waals surface area contributed by atoms with Crippen LogP contribution in [0.2, 0.25) is 0 Å². The van der Waals surface area contributed by atoms with Crippen LogP contribution in [0.1, 0.15) is 39.4 Å². The number of rotatable bonds is 8. The molecule has 1 aliphatic heterocycles. The van der Waals surface area contributed by atoms with E-state index >= 15 is 0 Å². The summed E-state index contributed by atoms with van der Waals surface area (Å²) in [6.07, 6.45) is 1.46. The lowest BCUT2D eigenvalue weighted by Gasteiger charge is -2.29. The lowest BCUT2D eigenvalue weighted by molar-refractivity contribution is 0.279. The zero-order valence-corrected chi connectivity index (χ0v) is 27.4. The summed E-state index contributed by atoms with van der Waals surface area (Å²) in [5.74, 6) is -0.537. The summed E-state index contributed by atoms with van der Waals surface area (Å²) in [6, 6.07) is 32.7. The van der Waals surface area contributed by atoms with Crippen molar-refractivity contribution in [2.45, 2.75) is 52.9 Å². The number of hydrogen-bond donors (Lipinski definition) is 1. The smallest absolute Gasteiger partial charge is 0.267 e. The van der Waals surface area contributed by atoms with E-state index in [1.54, 1.807) is 48.5 Å². The third-order valence-corrected chi connectivity index (χ3v) is 13.0. The fourth-order valence-electron chi connectivity index (χ4n) is 5.83. The van der Waals surface area contributed by atoms with E-state index in [4.69, 9.17) is 0 Å². The Kier molecular flexibility index (Phi) is 8.78. The first-order valence-electron chi connectivity index (χ1n) is 14.6. The number of aryl methyl sites for hydroxylation is 2. The number of thioether (sulfide) groups is 1. The molecule has 1 aromatic heterocycles. The van der Waals surface area contributed by atoms with E-state index in [0.29, 0.717) is 16.8 Å². The van der Waals surface area contributed by atoms with Crippen LogP contribution in [0.4, 0.5) is 0 Å². The monoisotopic (exact) mass is 658 g/mol. The van der Waals surface area contributed by atoms with Crippen LogP contribution in [-0.4, -0.2) is 42.0 Å². The highest BCUT2D eigenvalue weighted by molar-refractivity contribution is 8.00. The molecule has 0 bridgehead atoms. The molecule has 232 valence electrons. The molecule has 0 amide bonds. The van der Waals surface area contributed by atoms with E-state index in [1.165, 1.54) is 26.2 Å². The van der Waals surface area contributed by atoms with Crippen LogP contribution >= 0.6 is 11.8 Å². The summed E-state index contributed by atoms with van der Waals surface area (Å²) in [7, 11) is -8.13. The highest BCUT2D eigenvalue weighted by Crippen LogP contribution is 2.45. The van der Waals surface area contributed by atoms with Crippen molar-refractivity contribution in [1.82, 2.24) is 8.28 Å². The van der Waals surface area contributed by atoms with Gasteiger partial charge in [-0.05, 0) is 61.4 Å². The quantitative estimate of drug-likeness (QED) is 0.209. The Labute approximate surface area is 269 Å². The van der Waals surface area contributed by atoms with Crippen molar-refractivity contribution in [3.05, 3.63) is 149 Å². The fraction of sp³-hybridized carbons (Fsp3) is 0.200. The molecule has 0 radical (unpaired) electrons. The molecule has 0 fully saturated rings. The van der Waals surface area contributed by atoms with Gasteiger partial charge in [0.1, 0.15) is 0 Å². The lowest BCUT2D eigenvalue weighted by Crippen LogP contribution is -2.36. The predicted molar refractivity (Wildman–Crippen MR) is 177 cm³/mol. The Morgan fingerprint density at radius 3 is 1.82 bits per heavy atom. The molecule has 1 aliphatic rings. The van der Waals surface area contributed by atoms with E-state index in [1.807, 2.05) is 74.5 Å². The van der Waals surface area contributed by atoms with Gasteiger partial charge in [0.25, 0.3) is 10.0 Å². The molecule has 4 aromatic carbocycles. The highest BCUT2D eigenvalue weighted by atomic mass is 32.2. The Bertz CT molecular complexity index is 2010. The molecule has 1 N–H and O–H groups in total. The minimum absolute atomic E-state index is 0.0902. The molecular formula is C35H34N2O5S3. The van der Waals surface area contributed by atoms with Gasteiger partial charge in [0, 0.05) is 46.6 Å². The van der Waals surface area contributed by atoms with Gasteiger partial charge >= 0.3 is 0 Å². The van der Waals surface area contributed by atoms with Crippen molar-refractivity contribution in [2.24, 2.45) is 0 Å². The molecule has 0 spiro atoms. The van der Waals surface area contributed by atoms with Crippen LogP contribution in [0.25, 0.3) is 0 Å². The maximum Gasteiger partial charge on any atom is 0.267 e. The average molecular weight is 659 g/mol. The molecule has 5 aromatic rings. The maximum atomic E-state index is 14.4. The van der Waals surface area contributed by atoms with Gasteiger partial charge in [-0.15, -0.1) is 11.8 Å². The van der Waals surface area contributed by atoms with Gasteiger partial charge < -0.3 is 5.11 Å². The summed E-state index contributed by atoms with van der Waals surface area (Å²) >= 11 is 1.52. The van der Waals surface area contributed by atoms with E-state index in [9.17, 15) is 21.9 Å². The summed E-state index contributed by atoms with van der Waals surface area (Å²) < 4.78 is 60.0. The number of fused-ring (bicyclic) bond motifs is 1. The number of aliphatic hydroxyl groups is 1. The van der Waals surface area contributed by atoms with E-state index in [-0.39, 0.29) is 22.9 Å². The van der Waals surface area contributed by atoms with E-state index in [2.05, 4.69) is 0 Å². The van der Waals surface area contributed by atoms with Crippen LogP contribution in [0.5, 0.6) is 0 Å². The topological polar surface area (TPSA) is 96.7 Å². The average Bonchev–Trinajstić information content (AvgIpc) is 3.31. The van der Waals surface area contributed by atoms with Crippen molar-refractivity contribution in [2.75, 3.05) is 6.54 Å². The first-order valence-corrected chi connectivity index (χ1v) is 18.3. The van der Waals surface area contributed by atoms with Gasteiger partial charge in [-0.3, -0.25) is 0 Å². The number of aliphatic hydroxyl groups excluding tert-OH is 1. The summed E-state index contributed by atoms with van der Waals surface area (Å²) in [6.45, 7) is 3.36. The Morgan fingerprint density at radius 1 is 0.733 bits per heavy atom. The molecule has 0 saturated carbocycles. The third kappa shape index (κ3) is 6.13. The first-order chi connectivity index (χ1) is 21.6. The van der Waals surface area contributed by atoms with Gasteiger partial charge in [0.05, 0.1) is 16.4 Å². The summed E-state index contributed by atoms with van der Waals surface area (Å²) in [4.78, 5) is 1.21. The van der Waals surface area contributed by atoms with Gasteiger partial charge in [-0.25, -0.2) is 20.8 Å². The van der Waals surface area contributed by atoms with Crippen molar-refractivity contribution >= 4 is 31.8 Å². The fourth-order valence-corrected chi connectivity index (χ4v) is 10.2. The van der Waals surface area contributed by atoms with Crippen LogP contribution in [0.15, 0.2) is 130 Å². The highest BCUT2D eigenvalue weighted by Gasteiger charge is 2.42. The van der Waals surface area contributed by atoms with Gasteiger partial charge in [-0.1, -0.05) is 83.9 Å². The molecular weight excluding hydrogens is 625 g/mol. The van der Waals surface area contributed by atoms with Gasteiger partial charge in [-0.2, -0.15) is 4.31 Å². The van der Waals surface area contributed by atoms with Crippen LogP contribution in [0.3, 0.4) is 0 Å². The van der Waals surface area contributed by atoms with E-state index < -0.39 is 37.8 Å². The second-order valence-electron chi connectivity index (χ2n) is 11.3. The van der Waals surface area contributed by atoms with E-state index in [0.717, 1.165) is 21.6 Å². The molecule has 7 nitrogen and oxygen atoms in total. The normalized spacial score (nSPS) is 17.5. The SMILES string of the molecule is Cc1ccc(S(=O)(=O)N2Cc3c(CO)cn(S(=O)(=O)c4ccc(C)cc4)c3[C@H](c3ccccc3)[C@H](Sc3ccccc3)C2)cc1. The molecule has 0 aliphatic carbocycles. The lowest BCUT2D eigenvalue weighted by atomic mass is 9.90.